The number of ether oxygens (including phenoxy) is 1. The number of rotatable bonds is 6. The normalized spacial score (nSPS) is 22.3. The molecule has 2 aromatic carbocycles. The van der Waals surface area contributed by atoms with Gasteiger partial charge in [-0.15, -0.1) is 0 Å². The first-order chi connectivity index (χ1) is 16.4. The predicted octanol–water partition coefficient (Wildman–Crippen LogP) is 4.16. The molecule has 0 saturated heterocycles. The lowest BCUT2D eigenvalue weighted by atomic mass is 9.75. The summed E-state index contributed by atoms with van der Waals surface area (Å²) >= 11 is 0. The lowest BCUT2D eigenvalue weighted by molar-refractivity contribution is -0.165. The summed E-state index contributed by atoms with van der Waals surface area (Å²) in [5.74, 6) is -1.35. The number of alkyl carbamates (subject to hydrolysis) is 1. The highest BCUT2D eigenvalue weighted by atomic mass is 16.5. The first kappa shape index (κ1) is 22.4. The molecule has 2 atom stereocenters. The average Bonchev–Trinajstić information content (AvgIpc) is 3.39. The molecule has 2 amide bonds. The molecule has 0 spiro atoms. The maximum atomic E-state index is 13.0. The van der Waals surface area contributed by atoms with Gasteiger partial charge in [-0.2, -0.15) is 0 Å². The molecule has 34 heavy (non-hydrogen) atoms. The van der Waals surface area contributed by atoms with Crippen LogP contribution in [0.1, 0.15) is 55.6 Å². The Hall–Kier alpha value is -3.35. The third-order valence-corrected chi connectivity index (χ3v) is 8.00. The van der Waals surface area contributed by atoms with Crippen molar-refractivity contribution >= 4 is 18.0 Å². The van der Waals surface area contributed by atoms with Crippen molar-refractivity contribution in [3.05, 3.63) is 59.7 Å². The van der Waals surface area contributed by atoms with E-state index in [0.717, 1.165) is 17.5 Å². The Morgan fingerprint density at radius 1 is 1.03 bits per heavy atom. The van der Waals surface area contributed by atoms with Crippen molar-refractivity contribution in [2.75, 3.05) is 13.7 Å². The maximum absolute atomic E-state index is 13.0. The van der Waals surface area contributed by atoms with Gasteiger partial charge in [0.1, 0.15) is 12.1 Å². The van der Waals surface area contributed by atoms with Crippen LogP contribution >= 0.6 is 0 Å². The topological polar surface area (TPSA) is 95.9 Å². The number of hydrogen-bond donors (Lipinski definition) is 2. The van der Waals surface area contributed by atoms with E-state index in [1.807, 2.05) is 24.3 Å². The van der Waals surface area contributed by atoms with Gasteiger partial charge in [-0.1, -0.05) is 48.5 Å². The van der Waals surface area contributed by atoms with Crippen LogP contribution in [0.2, 0.25) is 0 Å². The zero-order chi connectivity index (χ0) is 23.9. The van der Waals surface area contributed by atoms with Crippen LogP contribution in [0.3, 0.4) is 0 Å². The third-order valence-electron chi connectivity index (χ3n) is 8.00. The van der Waals surface area contributed by atoms with Gasteiger partial charge in [-0.3, -0.25) is 4.79 Å². The molecule has 2 fully saturated rings. The van der Waals surface area contributed by atoms with Crippen LogP contribution in [0.25, 0.3) is 11.1 Å². The van der Waals surface area contributed by atoms with Gasteiger partial charge in [-0.25, -0.2) is 9.59 Å². The molecule has 2 N–H and O–H groups in total. The number of likely N-dealkylation sites (N-methyl/N-ethyl adjacent to an activating group) is 1. The number of benzene rings is 2. The van der Waals surface area contributed by atoms with Crippen molar-refractivity contribution in [1.29, 1.82) is 0 Å². The second kappa shape index (κ2) is 8.78. The number of fused-ring (bicyclic) bond motifs is 3. The summed E-state index contributed by atoms with van der Waals surface area (Å²) in [5.41, 5.74) is 3.62. The van der Waals surface area contributed by atoms with Crippen molar-refractivity contribution in [2.24, 2.45) is 5.92 Å². The Labute approximate surface area is 199 Å². The van der Waals surface area contributed by atoms with E-state index in [9.17, 15) is 19.5 Å². The summed E-state index contributed by atoms with van der Waals surface area (Å²) in [7, 11) is 1.60. The third kappa shape index (κ3) is 3.73. The van der Waals surface area contributed by atoms with E-state index in [0.29, 0.717) is 32.1 Å². The summed E-state index contributed by atoms with van der Waals surface area (Å²) in [6.07, 6.45) is 3.15. The Balaban J connectivity index is 1.16. The largest absolute Gasteiger partial charge is 0.479 e. The summed E-state index contributed by atoms with van der Waals surface area (Å²) < 4.78 is 5.63. The number of carbonyl (C=O) groups is 3. The minimum atomic E-state index is -1.06. The number of hydrogen-bond acceptors (Lipinski definition) is 4. The molecule has 2 saturated carbocycles. The SMILES string of the molecule is CN(C(=O)C1CCC(NC(=O)OCC2c3ccccc3-c3ccccc32)C1)C1(C(=O)O)CCC1. The Morgan fingerprint density at radius 2 is 1.65 bits per heavy atom. The van der Waals surface area contributed by atoms with Crippen LogP contribution in [-0.4, -0.2) is 53.2 Å². The first-order valence-corrected chi connectivity index (χ1v) is 12.0. The van der Waals surface area contributed by atoms with Gasteiger partial charge in [0, 0.05) is 24.9 Å². The van der Waals surface area contributed by atoms with Gasteiger partial charge >= 0.3 is 12.1 Å². The second-order valence-corrected chi connectivity index (χ2v) is 9.76. The predicted molar refractivity (Wildman–Crippen MR) is 126 cm³/mol. The molecule has 3 aliphatic rings. The highest BCUT2D eigenvalue weighted by Gasteiger charge is 2.51. The average molecular weight is 463 g/mol. The monoisotopic (exact) mass is 462 g/mol. The molecule has 178 valence electrons. The first-order valence-electron chi connectivity index (χ1n) is 12.0. The fourth-order valence-electron chi connectivity index (χ4n) is 5.83. The highest BCUT2D eigenvalue weighted by molar-refractivity contribution is 5.89. The summed E-state index contributed by atoms with van der Waals surface area (Å²) in [6.45, 7) is 0.249. The van der Waals surface area contributed by atoms with E-state index >= 15 is 0 Å². The summed E-state index contributed by atoms with van der Waals surface area (Å²) in [6, 6.07) is 16.2. The molecule has 7 heteroatoms. The molecule has 2 aromatic rings. The van der Waals surface area contributed by atoms with Crippen molar-refractivity contribution in [1.82, 2.24) is 10.2 Å². The molecule has 0 radical (unpaired) electrons. The Bertz CT molecular complexity index is 1080. The molecular formula is C27H30N2O5. The van der Waals surface area contributed by atoms with Crippen molar-refractivity contribution in [3.8, 4) is 11.1 Å². The molecule has 0 bridgehead atoms. The molecule has 3 aliphatic carbocycles. The van der Waals surface area contributed by atoms with Crippen molar-refractivity contribution in [2.45, 2.75) is 56.0 Å². The zero-order valence-electron chi connectivity index (χ0n) is 19.3. The van der Waals surface area contributed by atoms with Crippen LogP contribution in [0, 0.1) is 5.92 Å². The van der Waals surface area contributed by atoms with Gasteiger partial charge < -0.3 is 20.1 Å². The van der Waals surface area contributed by atoms with Crippen LogP contribution in [0.4, 0.5) is 4.79 Å². The van der Waals surface area contributed by atoms with Gasteiger partial charge in [0.25, 0.3) is 0 Å². The van der Waals surface area contributed by atoms with E-state index in [1.165, 1.54) is 16.0 Å². The minimum Gasteiger partial charge on any atom is -0.479 e. The Kier molecular flexibility index (Phi) is 5.80. The van der Waals surface area contributed by atoms with Crippen LogP contribution in [-0.2, 0) is 14.3 Å². The molecule has 5 rings (SSSR count). The second-order valence-electron chi connectivity index (χ2n) is 9.76. The van der Waals surface area contributed by atoms with E-state index in [4.69, 9.17) is 4.74 Å². The molecule has 0 heterocycles. The molecule has 0 aromatic heterocycles. The number of nitrogens with one attached hydrogen (secondary N) is 1. The fourth-order valence-corrected chi connectivity index (χ4v) is 5.83. The van der Waals surface area contributed by atoms with Gasteiger partial charge in [0.05, 0.1) is 0 Å². The van der Waals surface area contributed by atoms with Gasteiger partial charge in [-0.05, 0) is 60.8 Å². The number of carboxylic acid groups (broad SMARTS) is 1. The maximum Gasteiger partial charge on any atom is 0.407 e. The zero-order valence-corrected chi connectivity index (χ0v) is 19.3. The van der Waals surface area contributed by atoms with E-state index in [1.54, 1.807) is 7.05 Å². The van der Waals surface area contributed by atoms with Gasteiger partial charge in [0.15, 0.2) is 0 Å². The smallest absolute Gasteiger partial charge is 0.407 e. The number of carboxylic acids is 1. The number of aliphatic carboxylic acids is 1. The summed E-state index contributed by atoms with van der Waals surface area (Å²) in [4.78, 5) is 38.7. The van der Waals surface area contributed by atoms with Gasteiger partial charge in [0.2, 0.25) is 5.91 Å². The molecular weight excluding hydrogens is 432 g/mol. The van der Waals surface area contributed by atoms with E-state index < -0.39 is 17.6 Å². The lowest BCUT2D eigenvalue weighted by Gasteiger charge is -2.45. The number of amides is 2. The Morgan fingerprint density at radius 3 is 2.21 bits per heavy atom. The summed E-state index contributed by atoms with van der Waals surface area (Å²) in [5, 5.41) is 12.5. The number of carbonyl (C=O) groups excluding carboxylic acids is 2. The van der Waals surface area contributed by atoms with Crippen molar-refractivity contribution < 1.29 is 24.2 Å². The van der Waals surface area contributed by atoms with E-state index in [-0.39, 0.29) is 30.4 Å². The minimum absolute atomic E-state index is 0.000566. The fraction of sp³-hybridized carbons (Fsp3) is 0.444. The van der Waals surface area contributed by atoms with Crippen LogP contribution in [0.15, 0.2) is 48.5 Å². The van der Waals surface area contributed by atoms with Crippen LogP contribution < -0.4 is 5.32 Å². The van der Waals surface area contributed by atoms with E-state index in [2.05, 4.69) is 29.6 Å². The number of nitrogens with zero attached hydrogens (tertiary/aromatic N) is 1. The molecule has 0 aliphatic heterocycles. The quantitative estimate of drug-likeness (QED) is 0.672. The highest BCUT2D eigenvalue weighted by Crippen LogP contribution is 2.44. The van der Waals surface area contributed by atoms with Crippen LogP contribution in [0.5, 0.6) is 0 Å². The standard InChI is InChI=1S/C27H30N2O5/c1-29(27(25(31)32)13-6-14-27)24(30)17-11-12-18(15-17)28-26(33)34-16-23-21-9-4-2-7-19(21)20-8-3-5-10-22(20)23/h2-5,7-10,17-18,23H,6,11-16H2,1H3,(H,28,33)(H,31,32). The molecule has 2 unspecified atom stereocenters. The molecule has 7 nitrogen and oxygen atoms in total. The van der Waals surface area contributed by atoms with Crippen molar-refractivity contribution in [3.63, 3.8) is 0 Å². The lowest BCUT2D eigenvalue weighted by Crippen LogP contribution is -2.60.